The second kappa shape index (κ2) is 8.86. The van der Waals surface area contributed by atoms with Crippen molar-refractivity contribution in [3.8, 4) is 11.5 Å². The Balaban J connectivity index is 1.54. The van der Waals surface area contributed by atoms with Crippen LogP contribution in [0.15, 0.2) is 47.5 Å². The van der Waals surface area contributed by atoms with Crippen molar-refractivity contribution in [3.63, 3.8) is 0 Å². The molecule has 1 aliphatic rings. The van der Waals surface area contributed by atoms with E-state index < -0.39 is 0 Å². The number of halogens is 1. The quantitative estimate of drug-likeness (QED) is 0.584. The monoisotopic (exact) mass is 388 g/mol. The molecule has 1 aliphatic heterocycles. The summed E-state index contributed by atoms with van der Waals surface area (Å²) in [4.78, 5) is 6.85. The molecule has 27 heavy (non-hydrogen) atoms. The molecule has 0 aliphatic carbocycles. The van der Waals surface area contributed by atoms with Crippen LogP contribution in [0.1, 0.15) is 6.42 Å². The first-order valence-corrected chi connectivity index (χ1v) is 9.26. The van der Waals surface area contributed by atoms with Gasteiger partial charge in [0.25, 0.3) is 0 Å². The van der Waals surface area contributed by atoms with Crippen LogP contribution in [0.4, 0.5) is 11.4 Å². The minimum Gasteiger partial charge on any atom is -0.497 e. The number of anilines is 2. The summed E-state index contributed by atoms with van der Waals surface area (Å²) >= 11 is 6.13. The van der Waals surface area contributed by atoms with E-state index in [9.17, 15) is 0 Å². The molecule has 144 valence electrons. The summed E-state index contributed by atoms with van der Waals surface area (Å²) in [5.41, 5.74) is 7.99. The van der Waals surface area contributed by atoms with Gasteiger partial charge in [-0.2, -0.15) is 0 Å². The van der Waals surface area contributed by atoms with Crippen molar-refractivity contribution >= 4 is 28.9 Å². The van der Waals surface area contributed by atoms with Gasteiger partial charge in [0.15, 0.2) is 5.96 Å². The zero-order valence-electron chi connectivity index (χ0n) is 15.6. The van der Waals surface area contributed by atoms with Gasteiger partial charge >= 0.3 is 0 Å². The summed E-state index contributed by atoms with van der Waals surface area (Å²) in [7, 11) is 3.27. The van der Waals surface area contributed by atoms with Crippen LogP contribution in [0.5, 0.6) is 11.5 Å². The van der Waals surface area contributed by atoms with E-state index in [-0.39, 0.29) is 0 Å². The standard InChI is InChI=1S/C20H25ClN4O2/c1-26-17-5-3-4-16(11-17)25-9-8-14(13-25)12-23-20(22)24-15-6-7-19(27-2)18(21)10-15/h3-7,10-11,14H,8-9,12-13H2,1-2H3,(H3,22,23,24). The van der Waals surface area contributed by atoms with Gasteiger partial charge in [-0.15, -0.1) is 0 Å². The first-order chi connectivity index (χ1) is 13.1. The molecule has 1 saturated heterocycles. The summed E-state index contributed by atoms with van der Waals surface area (Å²) in [5, 5.41) is 3.60. The van der Waals surface area contributed by atoms with Crippen LogP contribution in [-0.4, -0.2) is 39.8 Å². The number of nitrogens with two attached hydrogens (primary N) is 1. The second-order valence-electron chi connectivity index (χ2n) is 6.50. The van der Waals surface area contributed by atoms with Crippen molar-refractivity contribution < 1.29 is 9.47 Å². The van der Waals surface area contributed by atoms with Gasteiger partial charge in [-0.25, -0.2) is 0 Å². The summed E-state index contributed by atoms with van der Waals surface area (Å²) in [5.74, 6) is 2.36. The average Bonchev–Trinajstić information content (AvgIpc) is 3.16. The SMILES string of the molecule is COc1cccc(N2CCC(CN=C(N)Nc3ccc(OC)c(Cl)c3)C2)c1. The van der Waals surface area contributed by atoms with Gasteiger partial charge in [0.2, 0.25) is 0 Å². The Hall–Kier alpha value is -2.60. The first kappa shape index (κ1) is 19.2. The lowest BCUT2D eigenvalue weighted by Gasteiger charge is -2.19. The van der Waals surface area contributed by atoms with Gasteiger partial charge in [-0.05, 0) is 42.7 Å². The number of methoxy groups -OCH3 is 2. The van der Waals surface area contributed by atoms with E-state index in [0.717, 1.165) is 30.9 Å². The third-order valence-electron chi connectivity index (χ3n) is 4.65. The van der Waals surface area contributed by atoms with Gasteiger partial charge in [-0.3, -0.25) is 4.99 Å². The average molecular weight is 389 g/mol. The Labute approximate surface area is 164 Å². The highest BCUT2D eigenvalue weighted by Crippen LogP contribution is 2.28. The Bertz CT molecular complexity index is 812. The second-order valence-corrected chi connectivity index (χ2v) is 6.91. The van der Waals surface area contributed by atoms with Gasteiger partial charge in [0, 0.05) is 37.1 Å². The molecule has 1 atom stereocenters. The predicted octanol–water partition coefficient (Wildman–Crippen LogP) is 3.61. The van der Waals surface area contributed by atoms with Crippen molar-refractivity contribution in [1.29, 1.82) is 0 Å². The summed E-state index contributed by atoms with van der Waals surface area (Å²) < 4.78 is 10.5. The molecule has 0 bridgehead atoms. The number of hydrogen-bond acceptors (Lipinski definition) is 4. The molecular weight excluding hydrogens is 364 g/mol. The Kier molecular flexibility index (Phi) is 6.29. The number of nitrogens with one attached hydrogen (secondary N) is 1. The molecule has 7 heteroatoms. The van der Waals surface area contributed by atoms with E-state index >= 15 is 0 Å². The maximum atomic E-state index is 6.13. The van der Waals surface area contributed by atoms with Crippen LogP contribution in [-0.2, 0) is 0 Å². The number of aliphatic imine (C=N–C) groups is 1. The molecule has 3 N–H and O–H groups in total. The Morgan fingerprint density at radius 1 is 1.26 bits per heavy atom. The van der Waals surface area contributed by atoms with Crippen molar-refractivity contribution in [2.24, 2.45) is 16.6 Å². The molecule has 0 saturated carbocycles. The zero-order valence-corrected chi connectivity index (χ0v) is 16.4. The van der Waals surface area contributed by atoms with Crippen LogP contribution < -0.4 is 25.4 Å². The summed E-state index contributed by atoms with van der Waals surface area (Å²) in [6, 6.07) is 13.6. The number of nitrogens with zero attached hydrogens (tertiary/aromatic N) is 2. The van der Waals surface area contributed by atoms with E-state index in [2.05, 4.69) is 27.3 Å². The van der Waals surface area contributed by atoms with E-state index in [0.29, 0.717) is 29.2 Å². The van der Waals surface area contributed by atoms with Gasteiger partial charge < -0.3 is 25.4 Å². The number of rotatable bonds is 6. The van der Waals surface area contributed by atoms with E-state index in [1.54, 1.807) is 26.4 Å². The molecule has 2 aromatic rings. The molecule has 6 nitrogen and oxygen atoms in total. The lowest BCUT2D eigenvalue weighted by Crippen LogP contribution is -2.25. The fourth-order valence-electron chi connectivity index (χ4n) is 3.18. The molecule has 3 rings (SSSR count). The predicted molar refractivity (Wildman–Crippen MR) is 111 cm³/mol. The summed E-state index contributed by atoms with van der Waals surface area (Å²) in [6.45, 7) is 2.65. The molecule has 1 heterocycles. The minimum absolute atomic E-state index is 0.385. The highest BCUT2D eigenvalue weighted by atomic mass is 35.5. The van der Waals surface area contributed by atoms with Crippen LogP contribution in [0.2, 0.25) is 5.02 Å². The lowest BCUT2D eigenvalue weighted by atomic mass is 10.1. The number of benzene rings is 2. The Morgan fingerprint density at radius 3 is 2.85 bits per heavy atom. The molecule has 0 aromatic heterocycles. The van der Waals surface area contributed by atoms with Gasteiger partial charge in [-0.1, -0.05) is 17.7 Å². The highest BCUT2D eigenvalue weighted by molar-refractivity contribution is 6.32. The van der Waals surface area contributed by atoms with E-state index in [1.807, 2.05) is 18.2 Å². The van der Waals surface area contributed by atoms with Crippen LogP contribution >= 0.6 is 11.6 Å². The summed E-state index contributed by atoms with van der Waals surface area (Å²) in [6.07, 6.45) is 1.09. The molecule has 0 amide bonds. The Morgan fingerprint density at radius 2 is 2.11 bits per heavy atom. The lowest BCUT2D eigenvalue weighted by molar-refractivity contribution is 0.415. The van der Waals surface area contributed by atoms with Crippen molar-refractivity contribution in [3.05, 3.63) is 47.5 Å². The van der Waals surface area contributed by atoms with E-state index in [1.165, 1.54) is 5.69 Å². The van der Waals surface area contributed by atoms with Gasteiger partial charge in [0.1, 0.15) is 11.5 Å². The zero-order chi connectivity index (χ0) is 19.2. The van der Waals surface area contributed by atoms with Crippen molar-refractivity contribution in [2.75, 3.05) is 44.1 Å². The maximum absolute atomic E-state index is 6.13. The molecular formula is C20H25ClN4O2. The number of guanidine groups is 1. The third-order valence-corrected chi connectivity index (χ3v) is 4.94. The maximum Gasteiger partial charge on any atom is 0.193 e. The highest BCUT2D eigenvalue weighted by Gasteiger charge is 2.22. The third kappa shape index (κ3) is 4.98. The normalized spacial score (nSPS) is 17.1. The fourth-order valence-corrected chi connectivity index (χ4v) is 3.44. The fraction of sp³-hybridized carbons (Fsp3) is 0.350. The smallest absolute Gasteiger partial charge is 0.193 e. The number of ether oxygens (including phenoxy) is 2. The van der Waals surface area contributed by atoms with Gasteiger partial charge in [0.05, 0.1) is 19.2 Å². The topological polar surface area (TPSA) is 72.1 Å². The largest absolute Gasteiger partial charge is 0.497 e. The molecule has 1 fully saturated rings. The van der Waals surface area contributed by atoms with E-state index in [4.69, 9.17) is 26.8 Å². The molecule has 0 radical (unpaired) electrons. The van der Waals surface area contributed by atoms with Crippen LogP contribution in [0, 0.1) is 5.92 Å². The first-order valence-electron chi connectivity index (χ1n) is 8.88. The molecule has 1 unspecified atom stereocenters. The van der Waals surface area contributed by atoms with Crippen LogP contribution in [0.25, 0.3) is 0 Å². The molecule has 2 aromatic carbocycles. The minimum atomic E-state index is 0.385. The van der Waals surface area contributed by atoms with Crippen molar-refractivity contribution in [2.45, 2.75) is 6.42 Å². The number of hydrogen-bond donors (Lipinski definition) is 2. The molecule has 0 spiro atoms. The van der Waals surface area contributed by atoms with Crippen LogP contribution in [0.3, 0.4) is 0 Å². The van der Waals surface area contributed by atoms with Crippen molar-refractivity contribution in [1.82, 2.24) is 0 Å².